The molecule has 8 heteroatoms. The molecule has 0 unspecified atom stereocenters. The second-order valence-electron chi connectivity index (χ2n) is 6.98. The molecule has 0 saturated heterocycles. The summed E-state index contributed by atoms with van der Waals surface area (Å²) >= 11 is 0. The number of hydrogen-bond donors (Lipinski definition) is 4. The van der Waals surface area contributed by atoms with Crippen LogP contribution in [0.4, 0.5) is 0 Å². The Kier molecular flexibility index (Phi) is 8.44. The molecule has 3 amide bonds. The van der Waals surface area contributed by atoms with Crippen LogP contribution in [0.2, 0.25) is 0 Å². The Balaban J connectivity index is 2.57. The smallest absolute Gasteiger partial charge is 0.326 e. The number of amides is 3. The molecule has 0 heterocycles. The number of carbonyl (C=O) groups is 4. The van der Waals surface area contributed by atoms with E-state index < -0.39 is 23.8 Å². The third-order valence-electron chi connectivity index (χ3n) is 3.58. The monoisotopic (exact) mass is 377 g/mol. The fourth-order valence-corrected chi connectivity index (χ4v) is 2.32. The maximum atomic E-state index is 12.1. The predicted molar refractivity (Wildman–Crippen MR) is 100 cm³/mol. The van der Waals surface area contributed by atoms with Gasteiger partial charge in [0, 0.05) is 17.2 Å². The fraction of sp³-hybridized carbons (Fsp3) is 0.474. The van der Waals surface area contributed by atoms with Gasteiger partial charge in [-0.15, -0.1) is 0 Å². The molecule has 0 aliphatic carbocycles. The van der Waals surface area contributed by atoms with Gasteiger partial charge in [0.1, 0.15) is 6.04 Å². The number of carboxylic acids is 1. The molecule has 1 atom stereocenters. The summed E-state index contributed by atoms with van der Waals surface area (Å²) in [4.78, 5) is 47.0. The van der Waals surface area contributed by atoms with Crippen molar-refractivity contribution in [2.24, 2.45) is 5.92 Å². The van der Waals surface area contributed by atoms with E-state index in [-0.39, 0.29) is 24.4 Å². The zero-order valence-corrected chi connectivity index (χ0v) is 16.0. The summed E-state index contributed by atoms with van der Waals surface area (Å²) in [5.41, 5.74) is 0.719. The van der Waals surface area contributed by atoms with Crippen molar-refractivity contribution >= 4 is 23.7 Å². The Hall–Kier alpha value is -2.90. The van der Waals surface area contributed by atoms with Gasteiger partial charge in [-0.3, -0.25) is 14.4 Å². The fourth-order valence-electron chi connectivity index (χ4n) is 2.32. The van der Waals surface area contributed by atoms with E-state index in [1.54, 1.807) is 0 Å². The molecule has 0 fully saturated rings. The summed E-state index contributed by atoms with van der Waals surface area (Å²) in [7, 11) is 0. The largest absolute Gasteiger partial charge is 0.480 e. The number of benzene rings is 1. The van der Waals surface area contributed by atoms with Crippen LogP contribution >= 0.6 is 0 Å². The highest BCUT2D eigenvalue weighted by atomic mass is 16.4. The first-order valence-corrected chi connectivity index (χ1v) is 8.81. The lowest BCUT2D eigenvalue weighted by molar-refractivity contribution is -0.142. The maximum Gasteiger partial charge on any atom is 0.326 e. The molecule has 8 nitrogen and oxygen atoms in total. The summed E-state index contributed by atoms with van der Waals surface area (Å²) in [6.07, 6.45) is 0.301. The summed E-state index contributed by atoms with van der Waals surface area (Å²) < 4.78 is 0. The highest BCUT2D eigenvalue weighted by Gasteiger charge is 2.21. The highest BCUT2D eigenvalue weighted by Crippen LogP contribution is 2.06. The van der Waals surface area contributed by atoms with Crippen molar-refractivity contribution < 1.29 is 24.3 Å². The van der Waals surface area contributed by atoms with Crippen LogP contribution in [0, 0.1) is 5.92 Å². The van der Waals surface area contributed by atoms with Crippen LogP contribution in [0.3, 0.4) is 0 Å². The minimum Gasteiger partial charge on any atom is -0.480 e. The van der Waals surface area contributed by atoms with Crippen LogP contribution < -0.4 is 16.0 Å². The Morgan fingerprint density at radius 1 is 0.889 bits per heavy atom. The lowest BCUT2D eigenvalue weighted by atomic mass is 10.0. The number of carbonyl (C=O) groups excluding carboxylic acids is 3. The highest BCUT2D eigenvalue weighted by molar-refractivity contribution is 5.99. The molecule has 0 aliphatic heterocycles. The maximum absolute atomic E-state index is 12.1. The quantitative estimate of drug-likeness (QED) is 0.514. The molecule has 0 saturated carbocycles. The normalized spacial score (nSPS) is 11.8. The van der Waals surface area contributed by atoms with Crippen LogP contribution in [0.25, 0.3) is 0 Å². The Morgan fingerprint density at radius 2 is 1.41 bits per heavy atom. The molecule has 0 spiro atoms. The van der Waals surface area contributed by atoms with E-state index in [1.807, 2.05) is 27.7 Å². The van der Waals surface area contributed by atoms with Crippen molar-refractivity contribution in [1.29, 1.82) is 0 Å². The molecule has 27 heavy (non-hydrogen) atoms. The summed E-state index contributed by atoms with van der Waals surface area (Å²) in [5.74, 6) is -2.31. The second kappa shape index (κ2) is 10.3. The standard InChI is InChI=1S/C19H27N3O5/c1-11(2)9-15(19(26)27)22-16(23)10-20-17(24)13-5-7-14(8-6-13)18(25)21-12(3)4/h5-8,11-12,15H,9-10H2,1-4H3,(H,20,24)(H,21,25)(H,22,23)(H,26,27)/t15-/m0/s1. The third-order valence-corrected chi connectivity index (χ3v) is 3.58. The molecule has 0 aliphatic rings. The first-order chi connectivity index (χ1) is 12.6. The lowest BCUT2D eigenvalue weighted by Gasteiger charge is -2.16. The Labute approximate surface area is 158 Å². The number of hydrogen-bond acceptors (Lipinski definition) is 4. The second-order valence-corrected chi connectivity index (χ2v) is 6.98. The average molecular weight is 377 g/mol. The molecule has 1 rings (SSSR count). The van der Waals surface area contributed by atoms with Gasteiger partial charge in [0.2, 0.25) is 5.91 Å². The molecule has 0 radical (unpaired) electrons. The molecule has 0 bridgehead atoms. The van der Waals surface area contributed by atoms with Gasteiger partial charge >= 0.3 is 5.97 Å². The van der Waals surface area contributed by atoms with E-state index in [4.69, 9.17) is 5.11 Å². The minimum absolute atomic E-state index is 0.00399. The van der Waals surface area contributed by atoms with Crippen LogP contribution in [0.1, 0.15) is 54.8 Å². The zero-order chi connectivity index (χ0) is 20.6. The van der Waals surface area contributed by atoms with E-state index in [9.17, 15) is 19.2 Å². The van der Waals surface area contributed by atoms with Gasteiger partial charge in [0.05, 0.1) is 6.54 Å². The first kappa shape index (κ1) is 22.1. The van der Waals surface area contributed by atoms with E-state index in [0.717, 1.165) is 0 Å². The Bertz CT molecular complexity index is 683. The number of rotatable bonds is 9. The topological polar surface area (TPSA) is 125 Å². The SMILES string of the molecule is CC(C)C[C@H](NC(=O)CNC(=O)c1ccc(C(=O)NC(C)C)cc1)C(=O)O. The first-order valence-electron chi connectivity index (χ1n) is 8.81. The van der Waals surface area contributed by atoms with Crippen molar-refractivity contribution in [2.75, 3.05) is 6.54 Å². The lowest BCUT2D eigenvalue weighted by Crippen LogP contribution is -2.46. The molecule has 1 aromatic carbocycles. The van der Waals surface area contributed by atoms with Crippen LogP contribution in [0.15, 0.2) is 24.3 Å². The molecular formula is C19H27N3O5. The van der Waals surface area contributed by atoms with E-state index in [1.165, 1.54) is 24.3 Å². The van der Waals surface area contributed by atoms with Gasteiger partial charge in [-0.1, -0.05) is 13.8 Å². The van der Waals surface area contributed by atoms with Crippen LogP contribution in [0.5, 0.6) is 0 Å². The van der Waals surface area contributed by atoms with Gasteiger partial charge in [0.25, 0.3) is 11.8 Å². The van der Waals surface area contributed by atoms with Crippen LogP contribution in [-0.4, -0.2) is 47.4 Å². The van der Waals surface area contributed by atoms with Gasteiger partial charge in [-0.2, -0.15) is 0 Å². The van der Waals surface area contributed by atoms with Crippen molar-refractivity contribution in [3.63, 3.8) is 0 Å². The van der Waals surface area contributed by atoms with Gasteiger partial charge in [-0.05, 0) is 50.5 Å². The van der Waals surface area contributed by atoms with E-state index in [0.29, 0.717) is 17.5 Å². The van der Waals surface area contributed by atoms with Gasteiger partial charge in [-0.25, -0.2) is 4.79 Å². The van der Waals surface area contributed by atoms with Crippen molar-refractivity contribution in [3.8, 4) is 0 Å². The van der Waals surface area contributed by atoms with E-state index >= 15 is 0 Å². The van der Waals surface area contributed by atoms with Crippen molar-refractivity contribution in [1.82, 2.24) is 16.0 Å². The van der Waals surface area contributed by atoms with Crippen molar-refractivity contribution in [3.05, 3.63) is 35.4 Å². The number of nitrogens with one attached hydrogen (secondary N) is 3. The zero-order valence-electron chi connectivity index (χ0n) is 16.0. The van der Waals surface area contributed by atoms with Gasteiger partial charge < -0.3 is 21.1 Å². The Morgan fingerprint density at radius 3 is 1.85 bits per heavy atom. The number of carboxylic acid groups (broad SMARTS) is 1. The van der Waals surface area contributed by atoms with Crippen molar-refractivity contribution in [2.45, 2.75) is 46.2 Å². The summed E-state index contributed by atoms with van der Waals surface area (Å²) in [5, 5.41) is 16.7. The molecule has 148 valence electrons. The summed E-state index contributed by atoms with van der Waals surface area (Å²) in [6.45, 7) is 7.07. The average Bonchev–Trinajstić information content (AvgIpc) is 2.58. The molecule has 4 N–H and O–H groups in total. The molecule has 1 aromatic rings. The predicted octanol–water partition coefficient (Wildman–Crippen LogP) is 1.17. The third kappa shape index (κ3) is 7.89. The summed E-state index contributed by atoms with van der Waals surface area (Å²) in [6, 6.07) is 5.03. The van der Waals surface area contributed by atoms with E-state index in [2.05, 4.69) is 16.0 Å². The van der Waals surface area contributed by atoms with Crippen LogP contribution in [-0.2, 0) is 9.59 Å². The molecular weight excluding hydrogens is 350 g/mol. The van der Waals surface area contributed by atoms with Gasteiger partial charge in [0.15, 0.2) is 0 Å². The molecule has 0 aromatic heterocycles. The minimum atomic E-state index is -1.11. The number of aliphatic carboxylic acids is 1.